The van der Waals surface area contributed by atoms with Crippen LogP contribution in [0.25, 0.3) is 0 Å². The van der Waals surface area contributed by atoms with E-state index in [1.165, 1.54) is 12.8 Å². The van der Waals surface area contributed by atoms with Crippen LogP contribution in [0.2, 0.25) is 0 Å². The molecule has 0 aliphatic heterocycles. The van der Waals surface area contributed by atoms with E-state index in [-0.39, 0.29) is 11.9 Å². The minimum atomic E-state index is -0.0152. The molecule has 0 saturated heterocycles. The highest BCUT2D eigenvalue weighted by atomic mass is 16.5. The van der Waals surface area contributed by atoms with Gasteiger partial charge in [0, 0.05) is 25.3 Å². The number of amides is 1. The lowest BCUT2D eigenvalue weighted by Gasteiger charge is -2.29. The number of methoxy groups -OCH3 is 1. The maximum atomic E-state index is 12.7. The smallest absolute Gasteiger partial charge is 0.254 e. The molecule has 4 heteroatoms. The van der Waals surface area contributed by atoms with Gasteiger partial charge in [-0.1, -0.05) is 6.07 Å². The topological polar surface area (TPSA) is 53.3 Å². The average molecular weight is 272 g/mol. The third kappa shape index (κ3) is 3.37. The Morgan fingerprint density at radius 1 is 1.55 bits per heavy atom. The summed E-state index contributed by atoms with van der Waals surface area (Å²) >= 11 is 0. The largest absolute Gasteiger partial charge is 0.383 e. The van der Waals surface area contributed by atoms with Crippen molar-refractivity contribution in [2.45, 2.75) is 25.8 Å². The van der Waals surface area contributed by atoms with Crippen LogP contribution in [0.4, 0.5) is 0 Å². The number of nitriles is 1. The van der Waals surface area contributed by atoms with Crippen LogP contribution in [-0.2, 0) is 4.74 Å². The molecule has 1 aliphatic carbocycles. The molecule has 1 fully saturated rings. The van der Waals surface area contributed by atoms with E-state index in [4.69, 9.17) is 10.00 Å². The number of rotatable bonds is 6. The summed E-state index contributed by atoms with van der Waals surface area (Å²) in [4.78, 5) is 14.5. The van der Waals surface area contributed by atoms with Crippen LogP contribution in [0.5, 0.6) is 0 Å². The second-order valence-corrected chi connectivity index (χ2v) is 5.26. The monoisotopic (exact) mass is 272 g/mol. The zero-order chi connectivity index (χ0) is 14.5. The molecule has 0 aromatic heterocycles. The Hall–Kier alpha value is -1.86. The summed E-state index contributed by atoms with van der Waals surface area (Å²) in [6.07, 6.45) is 2.38. The Bertz CT molecular complexity index is 517. The van der Waals surface area contributed by atoms with E-state index >= 15 is 0 Å². The molecule has 1 aliphatic rings. The quantitative estimate of drug-likeness (QED) is 0.799. The van der Waals surface area contributed by atoms with Crippen molar-refractivity contribution >= 4 is 5.91 Å². The van der Waals surface area contributed by atoms with Crippen LogP contribution >= 0.6 is 0 Å². The fourth-order valence-corrected chi connectivity index (χ4v) is 2.40. The summed E-state index contributed by atoms with van der Waals surface area (Å²) < 4.78 is 5.11. The first-order valence-electron chi connectivity index (χ1n) is 6.97. The molecule has 1 aromatic rings. The summed E-state index contributed by atoms with van der Waals surface area (Å²) in [6.45, 7) is 3.21. The summed E-state index contributed by atoms with van der Waals surface area (Å²) in [5.41, 5.74) is 1.09. The Balaban J connectivity index is 2.17. The summed E-state index contributed by atoms with van der Waals surface area (Å²) in [5, 5.41) is 8.94. The molecular formula is C16H20N2O2. The Kier molecular flexibility index (Phi) is 4.75. The first kappa shape index (κ1) is 14.5. The zero-order valence-electron chi connectivity index (χ0n) is 12.0. The SMILES string of the molecule is COCCN(C(=O)c1cccc(C#N)c1)C(C)C1CC1. The van der Waals surface area contributed by atoms with Crippen LogP contribution in [0.1, 0.15) is 35.7 Å². The number of carbonyl (C=O) groups is 1. The van der Waals surface area contributed by atoms with E-state index in [1.54, 1.807) is 31.4 Å². The number of nitrogens with zero attached hydrogens (tertiary/aromatic N) is 2. The molecule has 1 saturated carbocycles. The van der Waals surface area contributed by atoms with Gasteiger partial charge in [-0.2, -0.15) is 5.26 Å². The lowest BCUT2D eigenvalue weighted by atomic mass is 10.1. The molecule has 1 aromatic carbocycles. The minimum absolute atomic E-state index is 0.0152. The predicted molar refractivity (Wildman–Crippen MR) is 76.3 cm³/mol. The van der Waals surface area contributed by atoms with Crippen LogP contribution in [0.3, 0.4) is 0 Å². The van der Waals surface area contributed by atoms with Crippen LogP contribution < -0.4 is 0 Å². The third-order valence-corrected chi connectivity index (χ3v) is 3.83. The molecule has 0 spiro atoms. The van der Waals surface area contributed by atoms with Gasteiger partial charge in [0.2, 0.25) is 0 Å². The van der Waals surface area contributed by atoms with E-state index in [9.17, 15) is 4.79 Å². The molecule has 2 rings (SSSR count). The fourth-order valence-electron chi connectivity index (χ4n) is 2.40. The van der Waals surface area contributed by atoms with Gasteiger partial charge < -0.3 is 9.64 Å². The Morgan fingerprint density at radius 2 is 2.30 bits per heavy atom. The molecule has 4 nitrogen and oxygen atoms in total. The van der Waals surface area contributed by atoms with Gasteiger partial charge in [0.1, 0.15) is 0 Å². The molecule has 20 heavy (non-hydrogen) atoms. The van der Waals surface area contributed by atoms with Gasteiger partial charge in [-0.05, 0) is 43.9 Å². The molecule has 0 N–H and O–H groups in total. The second kappa shape index (κ2) is 6.53. The number of carbonyl (C=O) groups excluding carboxylic acids is 1. The molecule has 0 radical (unpaired) electrons. The van der Waals surface area contributed by atoms with Crippen molar-refractivity contribution in [3.05, 3.63) is 35.4 Å². The van der Waals surface area contributed by atoms with Crippen molar-refractivity contribution < 1.29 is 9.53 Å². The molecule has 1 atom stereocenters. The summed E-state index contributed by atoms with van der Waals surface area (Å²) in [5.74, 6) is 0.591. The van der Waals surface area contributed by atoms with Crippen molar-refractivity contribution in [1.82, 2.24) is 4.90 Å². The predicted octanol–water partition coefficient (Wildman–Crippen LogP) is 2.45. The van der Waals surface area contributed by atoms with Crippen LogP contribution in [0, 0.1) is 17.2 Å². The fraction of sp³-hybridized carbons (Fsp3) is 0.500. The van der Waals surface area contributed by atoms with E-state index < -0.39 is 0 Å². The van der Waals surface area contributed by atoms with Gasteiger partial charge in [0.15, 0.2) is 0 Å². The average Bonchev–Trinajstić information content (AvgIpc) is 3.32. The van der Waals surface area contributed by atoms with Gasteiger partial charge in [-0.25, -0.2) is 0 Å². The highest BCUT2D eigenvalue weighted by Gasteiger charge is 2.34. The van der Waals surface area contributed by atoms with E-state index in [0.717, 1.165) is 0 Å². The van der Waals surface area contributed by atoms with Crippen molar-refractivity contribution in [1.29, 1.82) is 5.26 Å². The summed E-state index contributed by atoms with van der Waals surface area (Å²) in [6, 6.07) is 9.18. The lowest BCUT2D eigenvalue weighted by Crippen LogP contribution is -2.42. The highest BCUT2D eigenvalue weighted by Crippen LogP contribution is 2.35. The zero-order valence-corrected chi connectivity index (χ0v) is 12.0. The van der Waals surface area contributed by atoms with Crippen molar-refractivity contribution in [2.24, 2.45) is 5.92 Å². The number of hydrogen-bond donors (Lipinski definition) is 0. The first-order valence-corrected chi connectivity index (χ1v) is 6.97. The molecule has 0 heterocycles. The molecule has 1 amide bonds. The number of benzene rings is 1. The maximum absolute atomic E-state index is 12.7. The van der Waals surface area contributed by atoms with Crippen molar-refractivity contribution in [3.8, 4) is 6.07 Å². The summed E-state index contributed by atoms with van der Waals surface area (Å²) in [7, 11) is 1.64. The number of hydrogen-bond acceptors (Lipinski definition) is 3. The van der Waals surface area contributed by atoms with Gasteiger partial charge in [0.25, 0.3) is 5.91 Å². The normalized spacial score (nSPS) is 15.4. The molecule has 106 valence electrons. The lowest BCUT2D eigenvalue weighted by molar-refractivity contribution is 0.0594. The molecular weight excluding hydrogens is 252 g/mol. The Labute approximate surface area is 120 Å². The maximum Gasteiger partial charge on any atom is 0.254 e. The molecule has 1 unspecified atom stereocenters. The van der Waals surface area contributed by atoms with Crippen LogP contribution in [0.15, 0.2) is 24.3 Å². The van der Waals surface area contributed by atoms with Gasteiger partial charge in [0.05, 0.1) is 18.2 Å². The van der Waals surface area contributed by atoms with Gasteiger partial charge >= 0.3 is 0 Å². The standard InChI is InChI=1S/C16H20N2O2/c1-12(14-6-7-14)18(8-9-20-2)16(19)15-5-3-4-13(10-15)11-17/h3-5,10,12,14H,6-9H2,1-2H3. The van der Waals surface area contributed by atoms with Crippen molar-refractivity contribution in [2.75, 3.05) is 20.3 Å². The third-order valence-electron chi connectivity index (χ3n) is 3.83. The van der Waals surface area contributed by atoms with Crippen molar-refractivity contribution in [3.63, 3.8) is 0 Å². The second-order valence-electron chi connectivity index (χ2n) is 5.26. The minimum Gasteiger partial charge on any atom is -0.383 e. The molecule has 0 bridgehead atoms. The van der Waals surface area contributed by atoms with E-state index in [1.807, 2.05) is 4.90 Å². The first-order chi connectivity index (χ1) is 9.67. The van der Waals surface area contributed by atoms with E-state index in [2.05, 4.69) is 13.0 Å². The van der Waals surface area contributed by atoms with Gasteiger partial charge in [-0.15, -0.1) is 0 Å². The highest BCUT2D eigenvalue weighted by molar-refractivity contribution is 5.94. The number of ether oxygens (including phenoxy) is 1. The Morgan fingerprint density at radius 3 is 2.90 bits per heavy atom. The van der Waals surface area contributed by atoms with Gasteiger partial charge in [-0.3, -0.25) is 4.79 Å². The van der Waals surface area contributed by atoms with Crippen LogP contribution in [-0.4, -0.2) is 37.1 Å². The van der Waals surface area contributed by atoms with E-state index in [0.29, 0.717) is 30.2 Å².